The molecule has 0 radical (unpaired) electrons. The summed E-state index contributed by atoms with van der Waals surface area (Å²) in [5, 5.41) is 27.3. The molecule has 0 amide bonds. The Morgan fingerprint density at radius 2 is 1.01 bits per heavy atom. The molecule has 7 aromatic carbocycles. The minimum absolute atomic E-state index is 0.124. The molecule has 1 aliphatic heterocycles. The highest BCUT2D eigenvalue weighted by molar-refractivity contribution is 5.82. The Kier molecular flexibility index (Phi) is 11.5. The molecule has 11 rings (SSSR count). The van der Waals surface area contributed by atoms with Crippen LogP contribution in [0.1, 0.15) is 44.8 Å². The minimum Gasteiger partial charge on any atom is -0.485 e. The van der Waals surface area contributed by atoms with Crippen LogP contribution in [0, 0.1) is 6.92 Å². The fourth-order valence-electron chi connectivity index (χ4n) is 9.68. The number of nitrogens with one attached hydrogen (secondary N) is 2. The zero-order valence-corrected chi connectivity index (χ0v) is 37.7. The van der Waals surface area contributed by atoms with E-state index in [0.29, 0.717) is 28.4 Å². The van der Waals surface area contributed by atoms with Crippen molar-refractivity contribution in [2.75, 3.05) is 36.4 Å². The third kappa shape index (κ3) is 7.72. The number of fused-ring (bicyclic) bond motifs is 1. The fraction of sp³-hybridized carbons (Fsp3) is 0.140. The Hall–Kier alpha value is -8.41. The SMILES string of the molecule is Cc1nn(-c2ccc(N3CCNCC3)cc2)nc1COc1cc(NC(c2ccccc2)(c2ccccc2)c2ccccc2)nc2c1nnn2C(c1ccccc1)(c1ccccc1)c1ccccc1. The normalized spacial score (nSPS) is 13.1. The van der Waals surface area contributed by atoms with Gasteiger partial charge in [-0.3, -0.25) is 0 Å². The van der Waals surface area contributed by atoms with E-state index >= 15 is 0 Å². The Labute approximate surface area is 395 Å². The molecule has 1 aliphatic rings. The van der Waals surface area contributed by atoms with Gasteiger partial charge in [-0.05, 0) is 64.6 Å². The molecule has 0 aliphatic carbocycles. The highest BCUT2D eigenvalue weighted by atomic mass is 16.5. The van der Waals surface area contributed by atoms with E-state index in [1.807, 2.05) is 54.1 Å². The number of aryl methyl sites for hydroxylation is 1. The molecule has 10 aromatic rings. The molecule has 0 bridgehead atoms. The van der Waals surface area contributed by atoms with Crippen LogP contribution >= 0.6 is 0 Å². The lowest BCUT2D eigenvalue weighted by molar-refractivity contribution is 0.302. The predicted molar refractivity (Wildman–Crippen MR) is 268 cm³/mol. The van der Waals surface area contributed by atoms with Gasteiger partial charge >= 0.3 is 0 Å². The largest absolute Gasteiger partial charge is 0.485 e. The summed E-state index contributed by atoms with van der Waals surface area (Å²) in [5.41, 5.74) is 8.73. The first-order valence-electron chi connectivity index (χ1n) is 23.1. The summed E-state index contributed by atoms with van der Waals surface area (Å²) in [6, 6.07) is 73.2. The number of nitrogens with zero attached hydrogens (tertiary/aromatic N) is 8. The molecule has 0 unspecified atom stereocenters. The third-order valence-corrected chi connectivity index (χ3v) is 13.0. The number of anilines is 2. The van der Waals surface area contributed by atoms with Crippen LogP contribution < -0.4 is 20.3 Å². The lowest BCUT2D eigenvalue weighted by atomic mass is 9.77. The second-order valence-electron chi connectivity index (χ2n) is 17.0. The average Bonchev–Trinajstić information content (AvgIpc) is 4.02. The van der Waals surface area contributed by atoms with Gasteiger partial charge in [-0.15, -0.1) is 10.2 Å². The number of hydrogen-bond acceptors (Lipinski definition) is 9. The highest BCUT2D eigenvalue weighted by Gasteiger charge is 2.43. The first kappa shape index (κ1) is 42.2. The Morgan fingerprint density at radius 1 is 0.559 bits per heavy atom. The maximum Gasteiger partial charge on any atom is 0.185 e. The van der Waals surface area contributed by atoms with Crippen molar-refractivity contribution in [1.29, 1.82) is 0 Å². The van der Waals surface area contributed by atoms with Gasteiger partial charge in [0.25, 0.3) is 0 Å². The van der Waals surface area contributed by atoms with Crippen LogP contribution in [0.2, 0.25) is 0 Å². The van der Waals surface area contributed by atoms with Gasteiger partial charge in [0, 0.05) is 37.9 Å². The summed E-state index contributed by atoms with van der Waals surface area (Å²) in [4.78, 5) is 9.64. The Morgan fingerprint density at radius 3 is 1.50 bits per heavy atom. The van der Waals surface area contributed by atoms with Crippen LogP contribution in [-0.4, -0.2) is 61.2 Å². The second-order valence-corrected chi connectivity index (χ2v) is 17.0. The van der Waals surface area contributed by atoms with E-state index in [2.05, 4.69) is 185 Å². The van der Waals surface area contributed by atoms with Crippen LogP contribution in [0.4, 0.5) is 11.5 Å². The molecule has 0 saturated carbocycles. The van der Waals surface area contributed by atoms with Crippen LogP contribution in [-0.2, 0) is 17.7 Å². The summed E-state index contributed by atoms with van der Waals surface area (Å²) in [5.74, 6) is 1.05. The smallest absolute Gasteiger partial charge is 0.185 e. The predicted octanol–water partition coefficient (Wildman–Crippen LogP) is 9.95. The Balaban J connectivity index is 1.09. The van der Waals surface area contributed by atoms with Gasteiger partial charge in [-0.2, -0.15) is 9.90 Å². The van der Waals surface area contributed by atoms with E-state index in [0.717, 1.165) is 70.9 Å². The summed E-state index contributed by atoms with van der Waals surface area (Å²) in [7, 11) is 0. The highest BCUT2D eigenvalue weighted by Crippen LogP contribution is 2.44. The molecular weight excluding hydrogens is 841 g/mol. The van der Waals surface area contributed by atoms with Crippen molar-refractivity contribution < 1.29 is 4.74 Å². The maximum absolute atomic E-state index is 6.93. The van der Waals surface area contributed by atoms with Gasteiger partial charge in [-0.25, -0.2) is 9.67 Å². The zero-order chi connectivity index (χ0) is 45.8. The van der Waals surface area contributed by atoms with E-state index in [4.69, 9.17) is 30.2 Å². The molecule has 334 valence electrons. The van der Waals surface area contributed by atoms with Gasteiger partial charge in [0.1, 0.15) is 29.2 Å². The molecule has 68 heavy (non-hydrogen) atoms. The van der Waals surface area contributed by atoms with E-state index in [-0.39, 0.29) is 6.61 Å². The first-order valence-corrected chi connectivity index (χ1v) is 23.1. The van der Waals surface area contributed by atoms with Crippen LogP contribution in [0.15, 0.2) is 212 Å². The lowest BCUT2D eigenvalue weighted by Crippen LogP contribution is -2.43. The van der Waals surface area contributed by atoms with Crippen molar-refractivity contribution in [3.05, 3.63) is 257 Å². The van der Waals surface area contributed by atoms with Crippen molar-refractivity contribution in [2.45, 2.75) is 24.6 Å². The third-order valence-electron chi connectivity index (χ3n) is 13.0. The van der Waals surface area contributed by atoms with Crippen LogP contribution in [0.5, 0.6) is 5.75 Å². The topological polar surface area (TPSA) is 111 Å². The number of hydrogen-bond donors (Lipinski definition) is 2. The van der Waals surface area contributed by atoms with Crippen molar-refractivity contribution >= 4 is 22.7 Å². The molecule has 11 heteroatoms. The van der Waals surface area contributed by atoms with E-state index in [1.54, 1.807) is 4.80 Å². The average molecular weight is 891 g/mol. The number of ether oxygens (including phenoxy) is 1. The van der Waals surface area contributed by atoms with Gasteiger partial charge in [0.15, 0.2) is 16.9 Å². The standard InChI is InChI=1S/C57H50N10O/c1-42-51(63-67(62-42)50-34-32-49(33-35-50)65-38-36-58-37-39-65)41-68-52-40-53(60-56(43-20-8-2-9-21-43,44-22-10-3-11-23-44)45-24-12-4-13-25-45)59-55-54(52)61-64-66(55)57(46-26-14-5-15-27-46,47-28-16-6-17-29-47)48-30-18-7-19-31-48/h2-35,40,58H,36-39,41H2,1H3,(H,59,60). The summed E-state index contributed by atoms with van der Waals surface area (Å²) in [6.07, 6.45) is 0. The number of rotatable bonds is 14. The summed E-state index contributed by atoms with van der Waals surface area (Å²) < 4.78 is 8.88. The molecule has 4 heterocycles. The van der Waals surface area contributed by atoms with Gasteiger partial charge < -0.3 is 20.3 Å². The van der Waals surface area contributed by atoms with Crippen LogP contribution in [0.25, 0.3) is 16.9 Å². The molecular formula is C57H50N10O. The molecule has 0 atom stereocenters. The number of aromatic nitrogens is 7. The monoisotopic (exact) mass is 890 g/mol. The molecule has 0 spiro atoms. The molecule has 11 nitrogen and oxygen atoms in total. The molecule has 1 fully saturated rings. The molecule has 2 N–H and O–H groups in total. The molecule has 1 saturated heterocycles. The van der Waals surface area contributed by atoms with Crippen molar-refractivity contribution in [2.24, 2.45) is 0 Å². The van der Waals surface area contributed by atoms with Crippen molar-refractivity contribution in [3.8, 4) is 11.4 Å². The molecule has 3 aromatic heterocycles. The van der Waals surface area contributed by atoms with Crippen molar-refractivity contribution in [1.82, 2.24) is 40.3 Å². The number of benzene rings is 7. The number of piperazine rings is 1. The second kappa shape index (κ2) is 18.5. The lowest BCUT2D eigenvalue weighted by Gasteiger charge is -2.38. The van der Waals surface area contributed by atoms with Gasteiger partial charge in [-0.1, -0.05) is 187 Å². The quantitative estimate of drug-likeness (QED) is 0.103. The Bertz CT molecular complexity index is 3040. The summed E-state index contributed by atoms with van der Waals surface area (Å²) >= 11 is 0. The van der Waals surface area contributed by atoms with Crippen molar-refractivity contribution in [3.63, 3.8) is 0 Å². The fourth-order valence-corrected chi connectivity index (χ4v) is 9.68. The van der Waals surface area contributed by atoms with Gasteiger partial charge in [0.05, 0.1) is 11.4 Å². The van der Waals surface area contributed by atoms with E-state index in [9.17, 15) is 0 Å². The van der Waals surface area contributed by atoms with E-state index < -0.39 is 11.1 Å². The summed E-state index contributed by atoms with van der Waals surface area (Å²) in [6.45, 7) is 5.99. The maximum atomic E-state index is 6.93. The minimum atomic E-state index is -1.00. The number of pyridine rings is 1. The van der Waals surface area contributed by atoms with Gasteiger partial charge in [0.2, 0.25) is 0 Å². The van der Waals surface area contributed by atoms with E-state index in [1.165, 1.54) is 5.69 Å². The first-order chi connectivity index (χ1) is 33.6. The zero-order valence-electron chi connectivity index (χ0n) is 37.7. The van der Waals surface area contributed by atoms with Crippen LogP contribution in [0.3, 0.4) is 0 Å².